The zero-order valence-electron chi connectivity index (χ0n) is 9.63. The molecule has 0 aromatic rings. The number of rotatable bonds is 3. The van der Waals surface area contributed by atoms with Crippen LogP contribution in [0.15, 0.2) is 0 Å². The van der Waals surface area contributed by atoms with Gasteiger partial charge < -0.3 is 14.9 Å². The van der Waals surface area contributed by atoms with Crippen LogP contribution in [-0.4, -0.2) is 73.5 Å². The lowest BCUT2D eigenvalue weighted by atomic mass is 10.4. The first-order valence-electron chi connectivity index (χ1n) is 5.24. The number of hydrogen-bond donors (Lipinski definition) is 1. The van der Waals surface area contributed by atoms with E-state index in [1.54, 1.807) is 0 Å². The topological polar surface area (TPSA) is 95.0 Å². The van der Waals surface area contributed by atoms with Crippen LogP contribution in [0.4, 0.5) is 4.79 Å². The van der Waals surface area contributed by atoms with Gasteiger partial charge in [-0.25, -0.2) is 13.2 Å². The minimum atomic E-state index is -3.01. The fraction of sp³-hybridized carbons (Fsp3) is 0.778. The van der Waals surface area contributed by atoms with E-state index in [4.69, 9.17) is 5.11 Å². The molecule has 0 bridgehead atoms. The third kappa shape index (κ3) is 4.22. The lowest BCUT2D eigenvalue weighted by Gasteiger charge is -2.30. The Morgan fingerprint density at radius 3 is 2.29 bits per heavy atom. The molecule has 8 heteroatoms. The number of amides is 2. The van der Waals surface area contributed by atoms with Gasteiger partial charge >= 0.3 is 12.0 Å². The average Bonchev–Trinajstić information content (AvgIpc) is 2.25. The largest absolute Gasteiger partial charge is 0.481 e. The summed E-state index contributed by atoms with van der Waals surface area (Å²) < 4.78 is 22.3. The Bertz CT molecular complexity index is 392. The number of aliphatic carboxylic acids is 1. The summed E-state index contributed by atoms with van der Waals surface area (Å²) in [5.41, 5.74) is 0. The van der Waals surface area contributed by atoms with Crippen LogP contribution in [-0.2, 0) is 14.6 Å². The van der Waals surface area contributed by atoms with Crippen molar-refractivity contribution in [2.75, 3.05) is 38.2 Å². The number of carboxylic acid groups (broad SMARTS) is 1. The number of sulfone groups is 1. The summed E-state index contributed by atoms with van der Waals surface area (Å²) in [6.45, 7) is 0.481. The molecule has 0 spiro atoms. The monoisotopic (exact) mass is 264 g/mol. The number of nitrogens with zero attached hydrogens (tertiary/aromatic N) is 2. The van der Waals surface area contributed by atoms with Crippen molar-refractivity contribution in [2.45, 2.75) is 6.42 Å². The molecule has 0 aliphatic carbocycles. The summed E-state index contributed by atoms with van der Waals surface area (Å²) in [6.07, 6.45) is -0.117. The van der Waals surface area contributed by atoms with Crippen LogP contribution in [0.3, 0.4) is 0 Å². The fourth-order valence-electron chi connectivity index (χ4n) is 1.50. The predicted molar refractivity (Wildman–Crippen MR) is 60.5 cm³/mol. The first-order valence-corrected chi connectivity index (χ1v) is 7.06. The molecule has 7 nitrogen and oxygen atoms in total. The van der Waals surface area contributed by atoms with Crippen molar-refractivity contribution < 1.29 is 23.1 Å². The standard InChI is InChI=1S/C9H16N2O5S/c1-10(3-2-8(12)13)9(14)11-4-6-17(15,16)7-5-11/h2-7H2,1H3,(H,12,13). The van der Waals surface area contributed by atoms with E-state index in [0.29, 0.717) is 0 Å². The smallest absolute Gasteiger partial charge is 0.319 e. The molecule has 1 N–H and O–H groups in total. The Labute approximate surface area is 99.9 Å². The Hall–Kier alpha value is -1.31. The van der Waals surface area contributed by atoms with Crippen molar-refractivity contribution >= 4 is 21.8 Å². The number of carboxylic acids is 1. The molecule has 0 aromatic carbocycles. The normalized spacial score (nSPS) is 18.8. The quantitative estimate of drug-likeness (QED) is 0.723. The molecule has 17 heavy (non-hydrogen) atoms. The van der Waals surface area contributed by atoms with Crippen molar-refractivity contribution in [3.63, 3.8) is 0 Å². The molecule has 1 aliphatic heterocycles. The zero-order chi connectivity index (χ0) is 13.1. The highest BCUT2D eigenvalue weighted by atomic mass is 32.2. The molecule has 1 aliphatic rings. The molecule has 0 atom stereocenters. The van der Waals surface area contributed by atoms with Gasteiger partial charge in [-0.15, -0.1) is 0 Å². The Morgan fingerprint density at radius 1 is 1.29 bits per heavy atom. The van der Waals surface area contributed by atoms with E-state index in [2.05, 4.69) is 0 Å². The van der Waals surface area contributed by atoms with Crippen LogP contribution >= 0.6 is 0 Å². The molecule has 1 saturated heterocycles. The molecule has 0 unspecified atom stereocenters. The van der Waals surface area contributed by atoms with E-state index in [0.717, 1.165) is 0 Å². The summed E-state index contributed by atoms with van der Waals surface area (Å²) in [5, 5.41) is 8.49. The van der Waals surface area contributed by atoms with Crippen LogP contribution in [0.5, 0.6) is 0 Å². The molecule has 2 amide bonds. The first kappa shape index (κ1) is 13.8. The van der Waals surface area contributed by atoms with Crippen LogP contribution in [0.1, 0.15) is 6.42 Å². The summed E-state index contributed by atoms with van der Waals surface area (Å²) in [7, 11) is -1.50. The summed E-state index contributed by atoms with van der Waals surface area (Å²) in [5.74, 6) is -1.01. The van der Waals surface area contributed by atoms with Gasteiger partial charge in [0.1, 0.15) is 0 Å². The molecule has 1 rings (SSSR count). The predicted octanol–water partition coefficient (Wildman–Crippen LogP) is -0.757. The summed E-state index contributed by atoms with van der Waals surface area (Å²) in [4.78, 5) is 24.9. The number of carbonyl (C=O) groups is 2. The fourth-order valence-corrected chi connectivity index (χ4v) is 2.71. The molecule has 1 fully saturated rings. The molecule has 1 heterocycles. The maximum Gasteiger partial charge on any atom is 0.319 e. The Balaban J connectivity index is 2.45. The van der Waals surface area contributed by atoms with Crippen molar-refractivity contribution in [1.82, 2.24) is 9.80 Å². The van der Waals surface area contributed by atoms with Crippen LogP contribution in [0.25, 0.3) is 0 Å². The summed E-state index contributed by atoms with van der Waals surface area (Å²) >= 11 is 0. The number of carbonyl (C=O) groups excluding carboxylic acids is 1. The van der Waals surface area contributed by atoms with E-state index in [1.165, 1.54) is 16.8 Å². The SMILES string of the molecule is CN(CCC(=O)O)C(=O)N1CCS(=O)(=O)CC1. The van der Waals surface area contributed by atoms with Gasteiger partial charge in [-0.05, 0) is 0 Å². The lowest BCUT2D eigenvalue weighted by molar-refractivity contribution is -0.137. The number of hydrogen-bond acceptors (Lipinski definition) is 4. The van der Waals surface area contributed by atoms with Gasteiger partial charge in [0, 0.05) is 26.7 Å². The van der Waals surface area contributed by atoms with E-state index >= 15 is 0 Å². The highest BCUT2D eigenvalue weighted by Gasteiger charge is 2.26. The maximum atomic E-state index is 11.8. The van der Waals surface area contributed by atoms with Crippen molar-refractivity contribution in [3.8, 4) is 0 Å². The summed E-state index contributed by atoms with van der Waals surface area (Å²) in [6, 6.07) is -0.318. The van der Waals surface area contributed by atoms with Gasteiger partial charge in [-0.1, -0.05) is 0 Å². The van der Waals surface area contributed by atoms with Gasteiger partial charge in [-0.3, -0.25) is 4.79 Å². The minimum absolute atomic E-state index is 0.0223. The Morgan fingerprint density at radius 2 is 1.82 bits per heavy atom. The maximum absolute atomic E-state index is 11.8. The van der Waals surface area contributed by atoms with Gasteiger partial charge in [0.2, 0.25) is 0 Å². The highest BCUT2D eigenvalue weighted by Crippen LogP contribution is 2.06. The second-order valence-corrected chi connectivity index (χ2v) is 6.29. The minimum Gasteiger partial charge on any atom is -0.481 e. The molecule has 0 saturated carbocycles. The van der Waals surface area contributed by atoms with Gasteiger partial charge in [0.25, 0.3) is 0 Å². The third-order valence-electron chi connectivity index (χ3n) is 2.60. The third-order valence-corrected chi connectivity index (χ3v) is 4.21. The average molecular weight is 264 g/mol. The molecule has 0 radical (unpaired) electrons. The van der Waals surface area contributed by atoms with Crippen molar-refractivity contribution in [3.05, 3.63) is 0 Å². The van der Waals surface area contributed by atoms with Crippen molar-refractivity contribution in [2.24, 2.45) is 0 Å². The van der Waals surface area contributed by atoms with Crippen LogP contribution in [0.2, 0.25) is 0 Å². The highest BCUT2D eigenvalue weighted by molar-refractivity contribution is 7.91. The molecular weight excluding hydrogens is 248 g/mol. The van der Waals surface area contributed by atoms with E-state index in [1.807, 2.05) is 0 Å². The van der Waals surface area contributed by atoms with Gasteiger partial charge in [-0.2, -0.15) is 0 Å². The van der Waals surface area contributed by atoms with E-state index < -0.39 is 15.8 Å². The van der Waals surface area contributed by atoms with Crippen LogP contribution < -0.4 is 0 Å². The van der Waals surface area contributed by atoms with Crippen molar-refractivity contribution in [1.29, 1.82) is 0 Å². The zero-order valence-corrected chi connectivity index (χ0v) is 10.4. The molecule has 0 aromatic heterocycles. The van der Waals surface area contributed by atoms with Gasteiger partial charge in [0.05, 0.1) is 17.9 Å². The lowest BCUT2D eigenvalue weighted by Crippen LogP contribution is -2.49. The number of urea groups is 1. The van der Waals surface area contributed by atoms with Crippen LogP contribution in [0, 0.1) is 0 Å². The van der Waals surface area contributed by atoms with E-state index in [9.17, 15) is 18.0 Å². The molecule has 98 valence electrons. The second kappa shape index (κ2) is 5.35. The second-order valence-electron chi connectivity index (χ2n) is 3.99. The molecular formula is C9H16N2O5S. The Kier molecular flexibility index (Phi) is 4.33. The van der Waals surface area contributed by atoms with E-state index in [-0.39, 0.29) is 43.6 Å². The van der Waals surface area contributed by atoms with Gasteiger partial charge in [0.15, 0.2) is 9.84 Å². The first-order chi connectivity index (χ1) is 7.82.